The SMILES string of the molecule is CCCC(C=O)(CC)COC(=O)CC. The Morgan fingerprint density at radius 3 is 2.36 bits per heavy atom. The maximum absolute atomic E-state index is 11.0. The van der Waals surface area contributed by atoms with Crippen molar-refractivity contribution in [2.45, 2.75) is 46.5 Å². The molecule has 82 valence electrons. The lowest BCUT2D eigenvalue weighted by molar-refractivity contribution is -0.148. The molecule has 0 fully saturated rings. The molecule has 3 nitrogen and oxygen atoms in total. The number of aldehydes is 1. The summed E-state index contributed by atoms with van der Waals surface area (Å²) in [5.41, 5.74) is -0.459. The van der Waals surface area contributed by atoms with Gasteiger partial charge in [-0.3, -0.25) is 4.79 Å². The summed E-state index contributed by atoms with van der Waals surface area (Å²) >= 11 is 0. The van der Waals surface area contributed by atoms with Crippen LogP contribution in [0, 0.1) is 5.41 Å². The van der Waals surface area contributed by atoms with Crippen LogP contribution in [-0.4, -0.2) is 18.9 Å². The van der Waals surface area contributed by atoms with Crippen LogP contribution in [0.25, 0.3) is 0 Å². The summed E-state index contributed by atoms with van der Waals surface area (Å²) < 4.78 is 5.02. The second-order valence-electron chi connectivity index (χ2n) is 3.60. The van der Waals surface area contributed by atoms with Gasteiger partial charge in [0, 0.05) is 6.42 Å². The molecule has 0 spiro atoms. The average molecular weight is 200 g/mol. The molecule has 0 heterocycles. The van der Waals surface area contributed by atoms with E-state index in [-0.39, 0.29) is 12.6 Å². The van der Waals surface area contributed by atoms with Crippen molar-refractivity contribution in [1.29, 1.82) is 0 Å². The number of ether oxygens (including phenoxy) is 1. The van der Waals surface area contributed by atoms with Crippen LogP contribution in [0.3, 0.4) is 0 Å². The quantitative estimate of drug-likeness (QED) is 0.468. The maximum atomic E-state index is 11.0. The highest BCUT2D eigenvalue weighted by molar-refractivity contribution is 5.69. The van der Waals surface area contributed by atoms with Crippen LogP contribution >= 0.6 is 0 Å². The smallest absolute Gasteiger partial charge is 0.305 e. The molecule has 0 saturated heterocycles. The van der Waals surface area contributed by atoms with Crippen LogP contribution in [-0.2, 0) is 14.3 Å². The number of carbonyl (C=O) groups is 2. The molecular weight excluding hydrogens is 180 g/mol. The molecule has 0 aliphatic carbocycles. The zero-order valence-electron chi connectivity index (χ0n) is 9.34. The van der Waals surface area contributed by atoms with Gasteiger partial charge in [0.05, 0.1) is 5.41 Å². The zero-order chi connectivity index (χ0) is 11.0. The third-order valence-electron chi connectivity index (χ3n) is 2.51. The molecule has 0 saturated carbocycles. The van der Waals surface area contributed by atoms with Crippen molar-refractivity contribution in [2.75, 3.05) is 6.61 Å². The first-order valence-electron chi connectivity index (χ1n) is 5.26. The summed E-state index contributed by atoms with van der Waals surface area (Å²) in [6, 6.07) is 0. The van der Waals surface area contributed by atoms with Crippen molar-refractivity contribution in [3.8, 4) is 0 Å². The minimum Gasteiger partial charge on any atom is -0.465 e. The standard InChI is InChI=1S/C11H20O3/c1-4-7-11(6-3,8-12)9-14-10(13)5-2/h8H,4-7,9H2,1-3H3. The molecule has 0 bridgehead atoms. The van der Waals surface area contributed by atoms with E-state index in [1.165, 1.54) is 0 Å². The first-order chi connectivity index (χ1) is 6.64. The van der Waals surface area contributed by atoms with Crippen LogP contribution in [0.2, 0.25) is 0 Å². The Bertz CT molecular complexity index is 189. The lowest BCUT2D eigenvalue weighted by Crippen LogP contribution is -2.29. The predicted octanol–water partition coefficient (Wildman–Crippen LogP) is 2.33. The molecular formula is C11H20O3. The van der Waals surface area contributed by atoms with E-state index in [1.54, 1.807) is 6.92 Å². The van der Waals surface area contributed by atoms with Gasteiger partial charge < -0.3 is 9.53 Å². The lowest BCUT2D eigenvalue weighted by atomic mass is 9.83. The Kier molecular flexibility index (Phi) is 6.17. The van der Waals surface area contributed by atoms with Gasteiger partial charge in [-0.2, -0.15) is 0 Å². The normalized spacial score (nSPS) is 14.5. The maximum Gasteiger partial charge on any atom is 0.305 e. The zero-order valence-corrected chi connectivity index (χ0v) is 9.34. The Morgan fingerprint density at radius 1 is 1.36 bits per heavy atom. The van der Waals surface area contributed by atoms with E-state index >= 15 is 0 Å². The van der Waals surface area contributed by atoms with Crippen molar-refractivity contribution in [1.82, 2.24) is 0 Å². The van der Waals surface area contributed by atoms with Gasteiger partial charge in [-0.15, -0.1) is 0 Å². The lowest BCUT2D eigenvalue weighted by Gasteiger charge is -2.25. The molecule has 0 amide bonds. The molecule has 14 heavy (non-hydrogen) atoms. The number of rotatable bonds is 7. The van der Waals surface area contributed by atoms with E-state index < -0.39 is 5.41 Å². The summed E-state index contributed by atoms with van der Waals surface area (Å²) in [6.07, 6.45) is 3.73. The van der Waals surface area contributed by atoms with Crippen molar-refractivity contribution >= 4 is 12.3 Å². The van der Waals surface area contributed by atoms with E-state index in [2.05, 4.69) is 0 Å². The van der Waals surface area contributed by atoms with Crippen molar-refractivity contribution in [2.24, 2.45) is 5.41 Å². The molecule has 0 N–H and O–H groups in total. The minimum atomic E-state index is -0.459. The summed E-state index contributed by atoms with van der Waals surface area (Å²) in [7, 11) is 0. The number of carbonyl (C=O) groups excluding carboxylic acids is 2. The van der Waals surface area contributed by atoms with Crippen LogP contribution in [0.1, 0.15) is 46.5 Å². The number of hydrogen-bond acceptors (Lipinski definition) is 3. The Morgan fingerprint density at radius 2 is 2.00 bits per heavy atom. The summed E-state index contributed by atoms with van der Waals surface area (Å²) in [5.74, 6) is -0.235. The van der Waals surface area contributed by atoms with Crippen LogP contribution in [0.4, 0.5) is 0 Å². The highest BCUT2D eigenvalue weighted by Crippen LogP contribution is 2.25. The summed E-state index contributed by atoms with van der Waals surface area (Å²) in [4.78, 5) is 21.9. The number of esters is 1. The number of hydrogen-bond donors (Lipinski definition) is 0. The Hall–Kier alpha value is -0.860. The molecule has 3 heteroatoms. The van der Waals surface area contributed by atoms with Crippen molar-refractivity contribution in [3.05, 3.63) is 0 Å². The highest BCUT2D eigenvalue weighted by Gasteiger charge is 2.28. The van der Waals surface area contributed by atoms with Gasteiger partial charge in [-0.05, 0) is 12.8 Å². The van der Waals surface area contributed by atoms with Gasteiger partial charge >= 0.3 is 5.97 Å². The molecule has 0 aliphatic heterocycles. The van der Waals surface area contributed by atoms with E-state index in [0.29, 0.717) is 6.42 Å². The fraction of sp³-hybridized carbons (Fsp3) is 0.818. The monoisotopic (exact) mass is 200 g/mol. The van der Waals surface area contributed by atoms with Gasteiger partial charge in [-0.1, -0.05) is 27.2 Å². The minimum absolute atomic E-state index is 0.230. The van der Waals surface area contributed by atoms with Gasteiger partial charge in [0.2, 0.25) is 0 Å². The van der Waals surface area contributed by atoms with Gasteiger partial charge in [0.15, 0.2) is 0 Å². The molecule has 1 atom stereocenters. The van der Waals surface area contributed by atoms with Crippen LogP contribution < -0.4 is 0 Å². The van der Waals surface area contributed by atoms with E-state index in [4.69, 9.17) is 4.74 Å². The van der Waals surface area contributed by atoms with E-state index in [1.807, 2.05) is 13.8 Å². The first kappa shape index (κ1) is 13.1. The van der Waals surface area contributed by atoms with Gasteiger partial charge in [0.1, 0.15) is 12.9 Å². The Balaban J connectivity index is 4.20. The molecule has 0 radical (unpaired) electrons. The first-order valence-corrected chi connectivity index (χ1v) is 5.26. The van der Waals surface area contributed by atoms with Crippen molar-refractivity contribution in [3.63, 3.8) is 0 Å². The predicted molar refractivity (Wildman–Crippen MR) is 54.9 cm³/mol. The summed E-state index contributed by atoms with van der Waals surface area (Å²) in [5, 5.41) is 0. The topological polar surface area (TPSA) is 43.4 Å². The fourth-order valence-corrected chi connectivity index (χ4v) is 1.35. The molecule has 0 aromatic heterocycles. The van der Waals surface area contributed by atoms with Crippen molar-refractivity contribution < 1.29 is 14.3 Å². The van der Waals surface area contributed by atoms with Crippen LogP contribution in [0.5, 0.6) is 0 Å². The molecule has 0 aromatic rings. The van der Waals surface area contributed by atoms with Crippen LogP contribution in [0.15, 0.2) is 0 Å². The van der Waals surface area contributed by atoms with E-state index in [0.717, 1.165) is 25.5 Å². The third-order valence-corrected chi connectivity index (χ3v) is 2.51. The molecule has 0 aliphatic rings. The van der Waals surface area contributed by atoms with Gasteiger partial charge in [-0.25, -0.2) is 0 Å². The average Bonchev–Trinajstić information content (AvgIpc) is 2.24. The highest BCUT2D eigenvalue weighted by atomic mass is 16.5. The van der Waals surface area contributed by atoms with Gasteiger partial charge in [0.25, 0.3) is 0 Å². The summed E-state index contributed by atoms with van der Waals surface area (Å²) in [6.45, 7) is 5.95. The molecule has 1 unspecified atom stereocenters. The molecule has 0 aromatic carbocycles. The van der Waals surface area contributed by atoms with E-state index in [9.17, 15) is 9.59 Å². The second-order valence-corrected chi connectivity index (χ2v) is 3.60. The third kappa shape index (κ3) is 3.90. The Labute approximate surface area is 85.8 Å². The largest absolute Gasteiger partial charge is 0.465 e. The second kappa shape index (κ2) is 6.57. The molecule has 0 rings (SSSR count). The fourth-order valence-electron chi connectivity index (χ4n) is 1.35.